The van der Waals surface area contributed by atoms with Crippen molar-refractivity contribution in [3.8, 4) is 0 Å². The number of nitrogens with zero attached hydrogens (tertiary/aromatic N) is 1. The van der Waals surface area contributed by atoms with E-state index in [4.69, 9.17) is 4.74 Å². The summed E-state index contributed by atoms with van der Waals surface area (Å²) in [6, 6.07) is 6.91. The Kier molecular flexibility index (Phi) is 2.71. The Hall–Kier alpha value is -2.43. The number of benzene rings is 1. The summed E-state index contributed by atoms with van der Waals surface area (Å²) in [5.41, 5.74) is -0.106. The van der Waals surface area contributed by atoms with Crippen LogP contribution in [0.3, 0.4) is 0 Å². The van der Waals surface area contributed by atoms with Crippen LogP contribution in [0.25, 0.3) is 0 Å². The number of anilines is 1. The smallest absolute Gasteiger partial charge is 0.415 e. The SMILES string of the molecule is COC(=O)N1c2ccccc2C(=O)[C@@]12C=CC(=O)CC2. The van der Waals surface area contributed by atoms with Gasteiger partial charge in [-0.2, -0.15) is 0 Å². The summed E-state index contributed by atoms with van der Waals surface area (Å²) in [6.07, 6.45) is 2.83. The number of para-hydroxylation sites is 1. The van der Waals surface area contributed by atoms with Gasteiger partial charge in [-0.25, -0.2) is 4.79 Å². The molecule has 2 aliphatic rings. The summed E-state index contributed by atoms with van der Waals surface area (Å²) in [5, 5.41) is 0. The molecule has 1 heterocycles. The van der Waals surface area contributed by atoms with Crippen molar-refractivity contribution < 1.29 is 19.1 Å². The van der Waals surface area contributed by atoms with E-state index in [1.54, 1.807) is 24.3 Å². The van der Waals surface area contributed by atoms with Crippen molar-refractivity contribution in [2.24, 2.45) is 0 Å². The Morgan fingerprint density at radius 1 is 1.30 bits per heavy atom. The van der Waals surface area contributed by atoms with E-state index >= 15 is 0 Å². The molecule has 1 amide bonds. The van der Waals surface area contributed by atoms with Crippen LogP contribution in [0.1, 0.15) is 23.2 Å². The third-order valence-electron chi connectivity index (χ3n) is 3.84. The van der Waals surface area contributed by atoms with Crippen LogP contribution in [0.15, 0.2) is 36.4 Å². The molecule has 1 spiro atoms. The number of fused-ring (bicyclic) bond motifs is 1. The maximum absolute atomic E-state index is 12.7. The molecule has 1 aromatic rings. The average Bonchev–Trinajstić information content (AvgIpc) is 2.72. The zero-order valence-corrected chi connectivity index (χ0v) is 11.0. The summed E-state index contributed by atoms with van der Waals surface area (Å²) in [4.78, 5) is 37.6. The van der Waals surface area contributed by atoms with Gasteiger partial charge in [0.2, 0.25) is 0 Å². The van der Waals surface area contributed by atoms with Crippen LogP contribution in [0.2, 0.25) is 0 Å². The predicted octanol–water partition coefficient (Wildman–Crippen LogP) is 2.11. The lowest BCUT2D eigenvalue weighted by Gasteiger charge is -2.35. The van der Waals surface area contributed by atoms with Gasteiger partial charge in [0, 0.05) is 12.0 Å². The van der Waals surface area contributed by atoms with Crippen LogP contribution in [-0.2, 0) is 9.53 Å². The first-order valence-electron chi connectivity index (χ1n) is 6.34. The van der Waals surface area contributed by atoms with E-state index in [2.05, 4.69) is 0 Å². The highest BCUT2D eigenvalue weighted by molar-refractivity contribution is 6.21. The van der Waals surface area contributed by atoms with Crippen LogP contribution < -0.4 is 4.90 Å². The van der Waals surface area contributed by atoms with Gasteiger partial charge in [-0.15, -0.1) is 0 Å². The summed E-state index contributed by atoms with van der Waals surface area (Å²) in [5.74, 6) is -0.202. The number of ether oxygens (including phenoxy) is 1. The predicted molar refractivity (Wildman–Crippen MR) is 71.8 cm³/mol. The Morgan fingerprint density at radius 3 is 2.70 bits per heavy atom. The van der Waals surface area contributed by atoms with Crippen molar-refractivity contribution >= 4 is 23.3 Å². The highest BCUT2D eigenvalue weighted by Gasteiger charge is 2.53. The minimum absolute atomic E-state index is 0.0378. The van der Waals surface area contributed by atoms with E-state index in [0.29, 0.717) is 11.3 Å². The fourth-order valence-corrected chi connectivity index (χ4v) is 2.85. The first-order chi connectivity index (χ1) is 9.60. The van der Waals surface area contributed by atoms with Crippen LogP contribution >= 0.6 is 0 Å². The molecule has 1 aliphatic carbocycles. The highest BCUT2D eigenvalue weighted by atomic mass is 16.5. The number of carbonyl (C=O) groups is 3. The summed E-state index contributed by atoms with van der Waals surface area (Å²) in [6.45, 7) is 0. The monoisotopic (exact) mass is 271 g/mol. The molecule has 0 saturated carbocycles. The van der Waals surface area contributed by atoms with Gasteiger partial charge in [0.15, 0.2) is 11.6 Å². The number of allylic oxidation sites excluding steroid dienone is 1. The van der Waals surface area contributed by atoms with Gasteiger partial charge in [-0.1, -0.05) is 12.1 Å². The number of carbonyl (C=O) groups excluding carboxylic acids is 3. The number of ketones is 2. The van der Waals surface area contributed by atoms with Crippen molar-refractivity contribution in [2.45, 2.75) is 18.4 Å². The molecule has 0 bridgehead atoms. The molecule has 5 heteroatoms. The fraction of sp³-hybridized carbons (Fsp3) is 0.267. The van der Waals surface area contributed by atoms with Gasteiger partial charge in [0.25, 0.3) is 0 Å². The Labute approximate surface area is 115 Å². The number of methoxy groups -OCH3 is 1. The molecule has 0 N–H and O–H groups in total. The maximum Gasteiger partial charge on any atom is 0.415 e. The lowest BCUT2D eigenvalue weighted by Crippen LogP contribution is -2.53. The number of hydrogen-bond acceptors (Lipinski definition) is 4. The van der Waals surface area contributed by atoms with E-state index < -0.39 is 11.6 Å². The van der Waals surface area contributed by atoms with Crippen LogP contribution in [-0.4, -0.2) is 30.3 Å². The number of hydrogen-bond donors (Lipinski definition) is 0. The number of Topliss-reactive ketones (excluding diaryl/α,β-unsaturated/α-hetero) is 1. The van der Waals surface area contributed by atoms with Crippen LogP contribution in [0.4, 0.5) is 10.5 Å². The Morgan fingerprint density at radius 2 is 2.05 bits per heavy atom. The zero-order chi connectivity index (χ0) is 14.3. The molecule has 3 rings (SSSR count). The molecule has 102 valence electrons. The molecule has 0 unspecified atom stereocenters. The minimum Gasteiger partial charge on any atom is -0.452 e. The molecule has 1 aliphatic heterocycles. The number of rotatable bonds is 0. The first-order valence-corrected chi connectivity index (χ1v) is 6.34. The quantitative estimate of drug-likeness (QED) is 0.725. The third-order valence-corrected chi connectivity index (χ3v) is 3.84. The zero-order valence-electron chi connectivity index (χ0n) is 11.0. The molecule has 0 saturated heterocycles. The second kappa shape index (κ2) is 4.30. The van der Waals surface area contributed by atoms with Gasteiger partial charge in [-0.3, -0.25) is 14.5 Å². The first kappa shape index (κ1) is 12.6. The minimum atomic E-state index is -1.12. The highest BCUT2D eigenvalue weighted by Crippen LogP contribution is 2.43. The van der Waals surface area contributed by atoms with Gasteiger partial charge in [-0.05, 0) is 30.7 Å². The molecule has 0 aromatic heterocycles. The lowest BCUT2D eigenvalue weighted by molar-refractivity contribution is -0.115. The molecule has 1 atom stereocenters. The second-order valence-electron chi connectivity index (χ2n) is 4.88. The van der Waals surface area contributed by atoms with Crippen LogP contribution in [0.5, 0.6) is 0 Å². The van der Waals surface area contributed by atoms with Crippen molar-refractivity contribution in [3.05, 3.63) is 42.0 Å². The Balaban J connectivity index is 2.20. The maximum atomic E-state index is 12.7. The number of amides is 1. The molecule has 5 nitrogen and oxygen atoms in total. The summed E-state index contributed by atoms with van der Waals surface area (Å²) >= 11 is 0. The summed E-state index contributed by atoms with van der Waals surface area (Å²) < 4.78 is 4.81. The molecule has 0 fully saturated rings. The molecule has 0 radical (unpaired) electrons. The standard InChI is InChI=1S/C15H13NO4/c1-20-14(19)16-12-5-3-2-4-11(12)13(18)15(16)8-6-10(17)7-9-15/h2-6,8H,7,9H2,1H3/t15-/m0/s1. The van der Waals surface area contributed by atoms with Crippen LogP contribution in [0, 0.1) is 0 Å². The molecular formula is C15H13NO4. The molecule has 20 heavy (non-hydrogen) atoms. The van der Waals surface area contributed by atoms with E-state index in [1.165, 1.54) is 24.2 Å². The van der Waals surface area contributed by atoms with E-state index in [9.17, 15) is 14.4 Å². The van der Waals surface area contributed by atoms with Gasteiger partial charge < -0.3 is 4.74 Å². The van der Waals surface area contributed by atoms with Gasteiger partial charge >= 0.3 is 6.09 Å². The van der Waals surface area contributed by atoms with E-state index in [0.717, 1.165) is 0 Å². The lowest BCUT2D eigenvalue weighted by atomic mass is 9.83. The van der Waals surface area contributed by atoms with Gasteiger partial charge in [0.1, 0.15) is 5.54 Å². The summed E-state index contributed by atoms with van der Waals surface area (Å²) in [7, 11) is 1.28. The molecule has 1 aromatic carbocycles. The average molecular weight is 271 g/mol. The second-order valence-corrected chi connectivity index (χ2v) is 4.88. The van der Waals surface area contributed by atoms with Crippen molar-refractivity contribution in [1.82, 2.24) is 0 Å². The largest absolute Gasteiger partial charge is 0.452 e. The molecular weight excluding hydrogens is 258 g/mol. The van der Waals surface area contributed by atoms with Crippen molar-refractivity contribution in [1.29, 1.82) is 0 Å². The third kappa shape index (κ3) is 1.52. The topological polar surface area (TPSA) is 63.7 Å². The van der Waals surface area contributed by atoms with Crippen molar-refractivity contribution in [3.63, 3.8) is 0 Å². The van der Waals surface area contributed by atoms with Gasteiger partial charge in [0.05, 0.1) is 12.8 Å². The van der Waals surface area contributed by atoms with Crippen molar-refractivity contribution in [2.75, 3.05) is 12.0 Å². The van der Waals surface area contributed by atoms with E-state index in [1.807, 2.05) is 0 Å². The van der Waals surface area contributed by atoms with E-state index in [-0.39, 0.29) is 24.4 Å². The Bertz CT molecular complexity index is 649. The fourth-order valence-electron chi connectivity index (χ4n) is 2.85. The normalized spacial score (nSPS) is 24.1.